The smallest absolute Gasteiger partial charge is 0.361 e. The van der Waals surface area contributed by atoms with Crippen LogP contribution in [0.1, 0.15) is 10.4 Å². The van der Waals surface area contributed by atoms with E-state index in [0.29, 0.717) is 0 Å². The van der Waals surface area contributed by atoms with Crippen LogP contribution in [0.2, 0.25) is 0 Å². The van der Waals surface area contributed by atoms with E-state index in [1.165, 1.54) is 0 Å². The van der Waals surface area contributed by atoms with Gasteiger partial charge in [-0.25, -0.2) is 27.8 Å². The highest BCUT2D eigenvalue weighted by Crippen LogP contribution is 2.32. The third-order valence-electron chi connectivity index (χ3n) is 4.37. The Hall–Kier alpha value is -3.59. The second-order valence-electron chi connectivity index (χ2n) is 6.57. The van der Waals surface area contributed by atoms with Gasteiger partial charge in [-0.15, -0.1) is 10.2 Å². The van der Waals surface area contributed by atoms with Gasteiger partial charge in [-0.3, -0.25) is 0 Å². The first kappa shape index (κ1) is 23.1. The fraction of sp³-hybridized carbons (Fsp3) is 0. The van der Waals surface area contributed by atoms with Gasteiger partial charge < -0.3 is 5.11 Å². The second kappa shape index (κ2) is 10.1. The Kier molecular flexibility index (Phi) is 7.32. The quantitative estimate of drug-likeness (QED) is 0.462. The maximum absolute atomic E-state index is 11.1. The van der Waals surface area contributed by atoms with Crippen LogP contribution in [0.15, 0.2) is 101 Å². The van der Waals surface area contributed by atoms with Gasteiger partial charge in [0, 0.05) is 5.56 Å². The number of carbonyl (C=O) groups is 1. The van der Waals surface area contributed by atoms with Gasteiger partial charge in [0.2, 0.25) is 0 Å². The van der Waals surface area contributed by atoms with Crippen LogP contribution in [-0.4, -0.2) is 11.1 Å². The molecule has 0 spiro atoms. The first-order chi connectivity index (χ1) is 15.2. The molecule has 4 aromatic rings. The third kappa shape index (κ3) is 6.71. The number of benzene rings is 3. The van der Waals surface area contributed by atoms with Crippen molar-refractivity contribution in [3.05, 3.63) is 103 Å². The number of carboxylic acids is 1. The van der Waals surface area contributed by atoms with E-state index in [1.54, 1.807) is 12.1 Å². The Morgan fingerprint density at radius 2 is 1.03 bits per heavy atom. The molecule has 0 amide bonds. The molecular weight excluding hydrogens is 436 g/mol. The van der Waals surface area contributed by atoms with E-state index in [0.717, 1.165) is 33.8 Å². The van der Waals surface area contributed by atoms with E-state index in [4.69, 9.17) is 28.2 Å². The minimum Gasteiger partial charge on any atom is -0.478 e. The molecule has 7 nitrogen and oxygen atoms in total. The summed E-state index contributed by atoms with van der Waals surface area (Å²) in [4.78, 5) is 11.1. The van der Waals surface area contributed by atoms with E-state index in [2.05, 4.69) is 0 Å². The molecule has 32 heavy (non-hydrogen) atoms. The Morgan fingerprint density at radius 3 is 1.41 bits per heavy atom. The summed E-state index contributed by atoms with van der Waals surface area (Å²) in [5.74, 6) is 0.586. The van der Waals surface area contributed by atoms with E-state index in [1.807, 2.05) is 84.9 Å². The monoisotopic (exact) mass is 452 g/mol. The fourth-order valence-corrected chi connectivity index (χ4v) is 2.96. The molecule has 0 aliphatic carbocycles. The summed E-state index contributed by atoms with van der Waals surface area (Å²) in [5, 5.41) is 9.12. The van der Waals surface area contributed by atoms with Gasteiger partial charge in [0.15, 0.2) is 0 Å². The summed E-state index contributed by atoms with van der Waals surface area (Å²) >= 11 is 0. The Morgan fingerprint density at radius 1 is 0.625 bits per heavy atom. The zero-order valence-corrected chi connectivity index (χ0v) is 17.3. The van der Waals surface area contributed by atoms with Crippen LogP contribution in [-0.2, 0) is 0 Å². The molecule has 0 radical (unpaired) electrons. The van der Waals surface area contributed by atoms with Crippen molar-refractivity contribution >= 4 is 5.97 Å². The molecule has 1 aromatic heterocycles. The number of rotatable bonds is 4. The molecule has 0 aliphatic rings. The molecule has 0 aliphatic heterocycles. The lowest BCUT2D eigenvalue weighted by Crippen LogP contribution is -2.68. The van der Waals surface area contributed by atoms with Crippen molar-refractivity contribution in [3.63, 3.8) is 0 Å². The molecule has 162 valence electrons. The van der Waals surface area contributed by atoms with Crippen LogP contribution in [0, 0.1) is 10.2 Å². The van der Waals surface area contributed by atoms with Crippen molar-refractivity contribution < 1.29 is 43.2 Å². The molecule has 8 heteroatoms. The van der Waals surface area contributed by atoms with Gasteiger partial charge in [-0.1, -0.05) is 48.5 Å². The molecule has 3 aromatic carbocycles. The molecule has 0 saturated carbocycles. The minimum absolute atomic E-state index is 0.269. The highest BCUT2D eigenvalue weighted by molar-refractivity contribution is 5.88. The SMILES string of the molecule is O=C(O)c1ccc(-c2cc(-c3ccccc3)[o+]c(-c3ccccc3)c2)cc1.[O-][Cl+3]([O-])([O-])[O-]. The van der Waals surface area contributed by atoms with E-state index >= 15 is 0 Å². The summed E-state index contributed by atoms with van der Waals surface area (Å²) in [6.45, 7) is 0. The van der Waals surface area contributed by atoms with Crippen LogP contribution in [0.4, 0.5) is 0 Å². The van der Waals surface area contributed by atoms with Crippen molar-refractivity contribution in [3.8, 4) is 33.8 Å². The first-order valence-corrected chi connectivity index (χ1v) is 10.5. The van der Waals surface area contributed by atoms with Gasteiger partial charge in [0.1, 0.15) is 0 Å². The molecule has 4 rings (SSSR count). The number of hydrogen-bond acceptors (Lipinski definition) is 5. The van der Waals surface area contributed by atoms with Crippen molar-refractivity contribution in [2.24, 2.45) is 0 Å². The zero-order valence-electron chi connectivity index (χ0n) is 16.5. The molecule has 0 saturated heterocycles. The van der Waals surface area contributed by atoms with Crippen LogP contribution < -0.4 is 18.6 Å². The lowest BCUT2D eigenvalue weighted by Gasteiger charge is -2.17. The number of aromatic carboxylic acids is 1. The molecule has 0 bridgehead atoms. The minimum atomic E-state index is -4.94. The topological polar surface area (TPSA) is 141 Å². The van der Waals surface area contributed by atoms with Crippen LogP contribution in [0.25, 0.3) is 33.8 Å². The molecule has 0 unspecified atom stereocenters. The van der Waals surface area contributed by atoms with Gasteiger partial charge in [0.05, 0.1) is 28.8 Å². The average molecular weight is 453 g/mol. The maximum Gasteiger partial charge on any atom is 0.361 e. The molecule has 1 N–H and O–H groups in total. The van der Waals surface area contributed by atoms with E-state index in [-0.39, 0.29) is 5.56 Å². The first-order valence-electron chi connectivity index (χ1n) is 9.25. The van der Waals surface area contributed by atoms with E-state index < -0.39 is 16.2 Å². The standard InChI is InChI=1S/C24H16O3.ClHO4/c25-24(26)20-13-11-17(12-14-20)21-15-22(18-7-3-1-4-8-18)27-23(16-21)19-9-5-2-6-10-19;2-1(3,4)5/h1-16H;(H,2,3,4,5). The van der Waals surface area contributed by atoms with Crippen LogP contribution >= 0.6 is 0 Å². The largest absolute Gasteiger partial charge is 0.478 e. The number of carboxylic acid groups (broad SMARTS) is 1. The van der Waals surface area contributed by atoms with Crippen molar-refractivity contribution in [2.45, 2.75) is 0 Å². The summed E-state index contributed by atoms with van der Waals surface area (Å²) in [6, 6.07) is 30.7. The van der Waals surface area contributed by atoms with Crippen molar-refractivity contribution in [1.82, 2.24) is 0 Å². The average Bonchev–Trinajstić information content (AvgIpc) is 2.79. The normalized spacial score (nSPS) is 10.8. The maximum atomic E-state index is 11.1. The van der Waals surface area contributed by atoms with Gasteiger partial charge in [-0.2, -0.15) is 0 Å². The van der Waals surface area contributed by atoms with Gasteiger partial charge in [0.25, 0.3) is 0 Å². The highest BCUT2D eigenvalue weighted by atomic mass is 35.7. The fourth-order valence-electron chi connectivity index (χ4n) is 2.96. The molecule has 1 heterocycles. The second-order valence-corrected chi connectivity index (χ2v) is 7.32. The summed E-state index contributed by atoms with van der Waals surface area (Å²) < 4.78 is 40.2. The lowest BCUT2D eigenvalue weighted by molar-refractivity contribution is -2.00. The van der Waals surface area contributed by atoms with Gasteiger partial charge >= 0.3 is 17.5 Å². The predicted molar refractivity (Wildman–Crippen MR) is 106 cm³/mol. The van der Waals surface area contributed by atoms with Crippen LogP contribution in [0.5, 0.6) is 0 Å². The number of hydrogen-bond donors (Lipinski definition) is 1. The third-order valence-corrected chi connectivity index (χ3v) is 4.37. The van der Waals surface area contributed by atoms with Crippen LogP contribution in [0.3, 0.4) is 0 Å². The Labute approximate surface area is 185 Å². The lowest BCUT2D eigenvalue weighted by atomic mass is 10.0. The summed E-state index contributed by atoms with van der Waals surface area (Å²) in [6.07, 6.45) is 0. The van der Waals surface area contributed by atoms with E-state index in [9.17, 15) is 4.79 Å². The zero-order chi connectivity index (χ0) is 23.1. The van der Waals surface area contributed by atoms with Crippen molar-refractivity contribution in [2.75, 3.05) is 0 Å². The molecular formula is C24H17ClO7. The highest BCUT2D eigenvalue weighted by Gasteiger charge is 2.20. The predicted octanol–water partition coefficient (Wildman–Crippen LogP) is 1.50. The summed E-state index contributed by atoms with van der Waals surface area (Å²) in [5.41, 5.74) is 4.14. The molecule has 0 atom stereocenters. The Balaban J connectivity index is 0.000000523. The number of halogens is 1. The van der Waals surface area contributed by atoms with Crippen molar-refractivity contribution in [1.29, 1.82) is 0 Å². The summed E-state index contributed by atoms with van der Waals surface area (Å²) in [7, 11) is -4.94. The van der Waals surface area contributed by atoms with Gasteiger partial charge in [-0.05, 0) is 42.0 Å². The Bertz CT molecular complexity index is 1110. The molecule has 0 fully saturated rings.